The molecular weight excluding hydrogens is 348 g/mol. The van der Waals surface area contributed by atoms with E-state index in [1.54, 1.807) is 0 Å². The quantitative estimate of drug-likeness (QED) is 0.609. The van der Waals surface area contributed by atoms with Gasteiger partial charge in [0.2, 0.25) is 0 Å². The summed E-state index contributed by atoms with van der Waals surface area (Å²) in [4.78, 5) is 0. The zero-order chi connectivity index (χ0) is 20.4. The molecule has 156 valence electrons. The lowest BCUT2D eigenvalue weighted by molar-refractivity contribution is -0.323. The Morgan fingerprint density at radius 2 is 1.89 bits per heavy atom. The van der Waals surface area contributed by atoms with Crippen molar-refractivity contribution >= 4 is 0 Å². The second-order valence-corrected chi connectivity index (χ2v) is 8.63. The van der Waals surface area contributed by atoms with Crippen LogP contribution in [0.4, 0.5) is 0 Å². The Hall–Kier alpha value is -0.760. The average Bonchev–Trinajstić information content (AvgIpc) is 2.59. The van der Waals surface area contributed by atoms with E-state index < -0.39 is 35.8 Å². The Bertz CT molecular complexity index is 545. The smallest absolute Gasteiger partial charge is 0.186 e. The van der Waals surface area contributed by atoms with E-state index in [0.717, 1.165) is 12.8 Å². The Morgan fingerprint density at radius 3 is 2.48 bits per heavy atom. The van der Waals surface area contributed by atoms with Gasteiger partial charge >= 0.3 is 0 Å². The molecule has 6 nitrogen and oxygen atoms in total. The van der Waals surface area contributed by atoms with E-state index in [9.17, 15) is 15.3 Å². The molecule has 2 aliphatic rings. The van der Waals surface area contributed by atoms with Crippen LogP contribution in [0.15, 0.2) is 24.3 Å². The standard InChI is InChI=1S/C21H36O6/c1-7-20(5)14(4)11-16(21(6,27-20)10-8-9-13(2)3)26-19-18(24)17(23)15(22)12-25-19/h7,9,14-19,22-24H,1,8,10-12H2,2-6H3/t14-,15-,16-,17+,18-,19+,20-,21+/m1/s1. The van der Waals surface area contributed by atoms with Crippen LogP contribution in [0.3, 0.4) is 0 Å². The summed E-state index contributed by atoms with van der Waals surface area (Å²) in [6.45, 7) is 14.1. The number of hydrogen-bond donors (Lipinski definition) is 3. The number of hydrogen-bond acceptors (Lipinski definition) is 6. The lowest BCUT2D eigenvalue weighted by Gasteiger charge is -2.53. The fourth-order valence-corrected chi connectivity index (χ4v) is 3.84. The van der Waals surface area contributed by atoms with Gasteiger partial charge < -0.3 is 29.5 Å². The summed E-state index contributed by atoms with van der Waals surface area (Å²) >= 11 is 0. The predicted molar refractivity (Wildman–Crippen MR) is 103 cm³/mol. The monoisotopic (exact) mass is 384 g/mol. The van der Waals surface area contributed by atoms with Gasteiger partial charge in [-0.1, -0.05) is 24.6 Å². The van der Waals surface area contributed by atoms with E-state index >= 15 is 0 Å². The fraction of sp³-hybridized carbons (Fsp3) is 0.810. The van der Waals surface area contributed by atoms with Crippen LogP contribution < -0.4 is 0 Å². The van der Waals surface area contributed by atoms with Crippen molar-refractivity contribution in [1.82, 2.24) is 0 Å². The van der Waals surface area contributed by atoms with Crippen LogP contribution in [-0.2, 0) is 14.2 Å². The summed E-state index contributed by atoms with van der Waals surface area (Å²) in [5.41, 5.74) is 0.169. The molecule has 0 aliphatic carbocycles. The van der Waals surface area contributed by atoms with Crippen molar-refractivity contribution in [2.45, 2.75) is 95.8 Å². The van der Waals surface area contributed by atoms with Gasteiger partial charge in [0.1, 0.15) is 18.3 Å². The molecule has 0 radical (unpaired) electrons. The molecule has 3 N–H and O–H groups in total. The first kappa shape index (κ1) is 22.5. The molecule has 0 unspecified atom stereocenters. The van der Waals surface area contributed by atoms with Crippen molar-refractivity contribution in [3.63, 3.8) is 0 Å². The van der Waals surface area contributed by atoms with Gasteiger partial charge in [-0.25, -0.2) is 0 Å². The number of ether oxygens (including phenoxy) is 3. The molecule has 0 aromatic heterocycles. The molecule has 8 atom stereocenters. The molecule has 6 heteroatoms. The Labute approximate surface area is 162 Å². The minimum Gasteiger partial charge on any atom is -0.388 e. The second kappa shape index (κ2) is 8.72. The molecule has 0 aromatic rings. The van der Waals surface area contributed by atoms with Crippen LogP contribution in [0.2, 0.25) is 0 Å². The summed E-state index contributed by atoms with van der Waals surface area (Å²) in [5.74, 6) is 0.160. The lowest BCUT2D eigenvalue weighted by atomic mass is 9.75. The Balaban J connectivity index is 2.19. The van der Waals surface area contributed by atoms with Crippen molar-refractivity contribution in [2.75, 3.05) is 6.61 Å². The summed E-state index contributed by atoms with van der Waals surface area (Å²) in [7, 11) is 0. The highest BCUT2D eigenvalue weighted by molar-refractivity contribution is 5.07. The van der Waals surface area contributed by atoms with E-state index in [2.05, 4.69) is 33.4 Å². The van der Waals surface area contributed by atoms with Crippen LogP contribution in [-0.4, -0.2) is 63.8 Å². The number of aliphatic hydroxyl groups is 3. The minimum atomic E-state index is -1.31. The average molecular weight is 385 g/mol. The van der Waals surface area contributed by atoms with Crippen molar-refractivity contribution < 1.29 is 29.5 Å². The molecule has 2 aliphatic heterocycles. The van der Waals surface area contributed by atoms with E-state index in [0.29, 0.717) is 6.42 Å². The van der Waals surface area contributed by atoms with Gasteiger partial charge in [0.05, 0.1) is 23.9 Å². The van der Waals surface area contributed by atoms with Crippen LogP contribution >= 0.6 is 0 Å². The van der Waals surface area contributed by atoms with Gasteiger partial charge in [0, 0.05) is 0 Å². The van der Waals surface area contributed by atoms with Gasteiger partial charge in [-0.15, -0.1) is 6.58 Å². The summed E-state index contributed by atoms with van der Waals surface area (Å²) in [6.07, 6.45) is 1.27. The number of rotatable bonds is 6. The van der Waals surface area contributed by atoms with Gasteiger partial charge in [-0.05, 0) is 52.9 Å². The second-order valence-electron chi connectivity index (χ2n) is 8.63. The molecule has 0 aromatic carbocycles. The van der Waals surface area contributed by atoms with E-state index in [1.807, 2.05) is 19.9 Å². The first-order valence-electron chi connectivity index (χ1n) is 9.81. The first-order valence-corrected chi connectivity index (χ1v) is 9.81. The molecule has 0 saturated carbocycles. The highest BCUT2D eigenvalue weighted by atomic mass is 16.7. The van der Waals surface area contributed by atoms with Crippen molar-refractivity contribution in [3.05, 3.63) is 24.3 Å². The van der Waals surface area contributed by atoms with Crippen LogP contribution in [0, 0.1) is 5.92 Å². The maximum atomic E-state index is 10.2. The molecule has 0 amide bonds. The van der Waals surface area contributed by atoms with Crippen molar-refractivity contribution in [2.24, 2.45) is 5.92 Å². The van der Waals surface area contributed by atoms with E-state index in [1.165, 1.54) is 5.57 Å². The van der Waals surface area contributed by atoms with Gasteiger partial charge in [-0.3, -0.25) is 0 Å². The van der Waals surface area contributed by atoms with Gasteiger partial charge in [0.25, 0.3) is 0 Å². The topological polar surface area (TPSA) is 88.4 Å². The molecule has 2 saturated heterocycles. The Morgan fingerprint density at radius 1 is 1.22 bits per heavy atom. The highest BCUT2D eigenvalue weighted by Crippen LogP contribution is 2.44. The van der Waals surface area contributed by atoms with Crippen LogP contribution in [0.5, 0.6) is 0 Å². The molecule has 2 rings (SSSR count). The van der Waals surface area contributed by atoms with E-state index in [4.69, 9.17) is 14.2 Å². The third kappa shape index (κ3) is 5.00. The SMILES string of the molecule is C=C[C@@]1(C)O[C@@](C)(CCC=C(C)C)[C@H](O[C@@H]2OC[C@@H](O)[C@H](O)[C@H]2O)C[C@H]1C. The maximum absolute atomic E-state index is 10.2. The summed E-state index contributed by atoms with van der Waals surface area (Å²) in [5, 5.41) is 29.8. The van der Waals surface area contributed by atoms with Crippen molar-refractivity contribution in [1.29, 1.82) is 0 Å². The summed E-state index contributed by atoms with van der Waals surface area (Å²) in [6, 6.07) is 0. The normalized spacial score (nSPS) is 45.3. The minimum absolute atomic E-state index is 0.0785. The van der Waals surface area contributed by atoms with E-state index in [-0.39, 0.29) is 18.6 Å². The zero-order valence-corrected chi connectivity index (χ0v) is 17.2. The zero-order valence-electron chi connectivity index (χ0n) is 17.2. The molecule has 2 heterocycles. The largest absolute Gasteiger partial charge is 0.388 e. The van der Waals surface area contributed by atoms with Crippen LogP contribution in [0.1, 0.15) is 53.9 Å². The highest BCUT2D eigenvalue weighted by Gasteiger charge is 2.51. The lowest BCUT2D eigenvalue weighted by Crippen LogP contribution is -2.61. The third-order valence-corrected chi connectivity index (χ3v) is 6.03. The van der Waals surface area contributed by atoms with Gasteiger partial charge in [-0.2, -0.15) is 0 Å². The van der Waals surface area contributed by atoms with Crippen molar-refractivity contribution in [3.8, 4) is 0 Å². The summed E-state index contributed by atoms with van der Waals surface area (Å²) < 4.78 is 18.1. The molecule has 0 bridgehead atoms. The third-order valence-electron chi connectivity index (χ3n) is 6.03. The number of allylic oxidation sites excluding steroid dienone is 2. The van der Waals surface area contributed by atoms with Crippen LogP contribution in [0.25, 0.3) is 0 Å². The van der Waals surface area contributed by atoms with Gasteiger partial charge in [0.15, 0.2) is 6.29 Å². The predicted octanol–water partition coefficient (Wildman–Crippen LogP) is 2.32. The number of aliphatic hydroxyl groups excluding tert-OH is 3. The molecule has 27 heavy (non-hydrogen) atoms. The fourth-order valence-electron chi connectivity index (χ4n) is 3.84. The molecule has 2 fully saturated rings. The molecule has 0 spiro atoms. The molecular formula is C21H36O6. The first-order chi connectivity index (χ1) is 12.5. The Kier molecular flexibility index (Phi) is 7.28. The maximum Gasteiger partial charge on any atom is 0.186 e.